The topological polar surface area (TPSA) is 32.3 Å². The molecule has 0 aliphatic carbocycles. The van der Waals surface area contributed by atoms with Crippen molar-refractivity contribution in [1.82, 2.24) is 5.32 Å². The van der Waals surface area contributed by atoms with Crippen LogP contribution in [0.4, 0.5) is 0 Å². The van der Waals surface area contributed by atoms with Gasteiger partial charge in [0.1, 0.15) is 0 Å². The minimum atomic E-state index is -0.695. The summed E-state index contributed by atoms with van der Waals surface area (Å²) in [5, 5.41) is 14.2. The maximum Gasteiger partial charge on any atom is 0.0900 e. The maximum absolute atomic E-state index is 10.9. The van der Waals surface area contributed by atoms with Gasteiger partial charge in [-0.1, -0.05) is 23.8 Å². The van der Waals surface area contributed by atoms with Crippen molar-refractivity contribution in [3.63, 3.8) is 0 Å². The molecule has 1 fully saturated rings. The zero-order valence-corrected chi connectivity index (χ0v) is 11.1. The van der Waals surface area contributed by atoms with Crippen molar-refractivity contribution in [2.24, 2.45) is 5.92 Å². The summed E-state index contributed by atoms with van der Waals surface area (Å²) in [6, 6.07) is 6.34. The van der Waals surface area contributed by atoms with E-state index in [-0.39, 0.29) is 0 Å². The van der Waals surface area contributed by atoms with E-state index in [0.717, 1.165) is 31.5 Å². The van der Waals surface area contributed by atoms with E-state index in [4.69, 9.17) is 0 Å². The Morgan fingerprint density at radius 3 is 2.47 bits per heavy atom. The van der Waals surface area contributed by atoms with Gasteiger partial charge in [-0.25, -0.2) is 0 Å². The minimum absolute atomic E-state index is 0.366. The fourth-order valence-corrected chi connectivity index (χ4v) is 2.99. The van der Waals surface area contributed by atoms with Crippen molar-refractivity contribution in [3.8, 4) is 0 Å². The molecule has 2 nitrogen and oxygen atoms in total. The third kappa shape index (κ3) is 2.53. The number of nitrogens with one attached hydrogen (secondary N) is 1. The lowest BCUT2D eigenvalue weighted by molar-refractivity contribution is -0.0191. The fraction of sp³-hybridized carbons (Fsp3) is 0.600. The molecule has 0 saturated carbocycles. The molecule has 94 valence electrons. The highest BCUT2D eigenvalue weighted by Crippen LogP contribution is 2.36. The summed E-state index contributed by atoms with van der Waals surface area (Å²) in [5.74, 6) is 0.366. The number of piperidine rings is 1. The van der Waals surface area contributed by atoms with Crippen LogP contribution in [0.5, 0.6) is 0 Å². The highest BCUT2D eigenvalue weighted by molar-refractivity contribution is 5.35. The number of hydrogen-bond donors (Lipinski definition) is 2. The standard InChI is InChI=1S/C15H23NO/c1-11-4-5-14(12(2)10-11)15(3,17)13-6-8-16-9-7-13/h4-5,10,13,16-17H,6-9H2,1-3H3. The van der Waals surface area contributed by atoms with Crippen LogP contribution in [-0.2, 0) is 5.60 Å². The molecule has 2 N–H and O–H groups in total. The largest absolute Gasteiger partial charge is 0.385 e. The predicted molar refractivity (Wildman–Crippen MR) is 71.1 cm³/mol. The SMILES string of the molecule is Cc1ccc(C(C)(O)C2CCNCC2)c(C)c1. The van der Waals surface area contributed by atoms with E-state index in [1.54, 1.807) is 0 Å². The summed E-state index contributed by atoms with van der Waals surface area (Å²) in [4.78, 5) is 0. The zero-order valence-electron chi connectivity index (χ0n) is 11.1. The summed E-state index contributed by atoms with van der Waals surface area (Å²) < 4.78 is 0. The molecule has 1 saturated heterocycles. The third-order valence-electron chi connectivity index (χ3n) is 4.06. The van der Waals surface area contributed by atoms with Crippen LogP contribution in [0.2, 0.25) is 0 Å². The molecule has 17 heavy (non-hydrogen) atoms. The molecule has 1 aliphatic rings. The van der Waals surface area contributed by atoms with Crippen LogP contribution in [0.15, 0.2) is 18.2 Å². The number of hydrogen-bond acceptors (Lipinski definition) is 2. The molecule has 1 aromatic rings. The van der Waals surface area contributed by atoms with Crippen LogP contribution in [-0.4, -0.2) is 18.2 Å². The maximum atomic E-state index is 10.9. The second-order valence-corrected chi connectivity index (χ2v) is 5.49. The van der Waals surface area contributed by atoms with Gasteiger partial charge < -0.3 is 10.4 Å². The smallest absolute Gasteiger partial charge is 0.0900 e. The molecule has 1 unspecified atom stereocenters. The highest BCUT2D eigenvalue weighted by Gasteiger charge is 2.35. The van der Waals surface area contributed by atoms with Gasteiger partial charge in [0.25, 0.3) is 0 Å². The zero-order chi connectivity index (χ0) is 12.5. The lowest BCUT2D eigenvalue weighted by Crippen LogP contribution is -2.40. The molecule has 1 aliphatic heterocycles. The van der Waals surface area contributed by atoms with E-state index < -0.39 is 5.60 Å². The molecule has 2 rings (SSSR count). The lowest BCUT2D eigenvalue weighted by atomic mass is 9.76. The van der Waals surface area contributed by atoms with Gasteiger partial charge in [-0.05, 0) is 63.7 Å². The first-order valence-corrected chi connectivity index (χ1v) is 6.52. The summed E-state index contributed by atoms with van der Waals surface area (Å²) in [5.41, 5.74) is 2.86. The molecule has 0 amide bonds. The average Bonchev–Trinajstić information content (AvgIpc) is 2.29. The molecule has 1 atom stereocenters. The van der Waals surface area contributed by atoms with Gasteiger partial charge in [0.15, 0.2) is 0 Å². The Morgan fingerprint density at radius 1 is 1.24 bits per heavy atom. The van der Waals surface area contributed by atoms with Crippen molar-refractivity contribution in [3.05, 3.63) is 34.9 Å². The van der Waals surface area contributed by atoms with E-state index >= 15 is 0 Å². The van der Waals surface area contributed by atoms with Gasteiger partial charge >= 0.3 is 0 Å². The van der Waals surface area contributed by atoms with Crippen LogP contribution < -0.4 is 5.32 Å². The van der Waals surface area contributed by atoms with Crippen molar-refractivity contribution < 1.29 is 5.11 Å². The molecule has 1 aromatic carbocycles. The van der Waals surface area contributed by atoms with E-state index in [1.165, 1.54) is 11.1 Å². The molecular weight excluding hydrogens is 210 g/mol. The first-order chi connectivity index (χ1) is 8.01. The number of aliphatic hydroxyl groups is 1. The molecule has 0 spiro atoms. The Bertz CT molecular complexity index is 392. The van der Waals surface area contributed by atoms with E-state index in [1.807, 2.05) is 6.92 Å². The van der Waals surface area contributed by atoms with Crippen LogP contribution in [0.3, 0.4) is 0 Å². The van der Waals surface area contributed by atoms with Crippen molar-refractivity contribution >= 4 is 0 Å². The molecule has 0 aromatic heterocycles. The predicted octanol–water partition coefficient (Wildman–Crippen LogP) is 2.51. The Morgan fingerprint density at radius 2 is 1.88 bits per heavy atom. The average molecular weight is 233 g/mol. The molecule has 0 radical (unpaired) electrons. The second-order valence-electron chi connectivity index (χ2n) is 5.49. The third-order valence-corrected chi connectivity index (χ3v) is 4.06. The molecule has 2 heteroatoms. The van der Waals surface area contributed by atoms with Crippen LogP contribution in [0.1, 0.15) is 36.5 Å². The van der Waals surface area contributed by atoms with E-state index in [0.29, 0.717) is 5.92 Å². The molecule has 1 heterocycles. The normalized spacial score (nSPS) is 21.2. The van der Waals surface area contributed by atoms with Gasteiger partial charge in [0.2, 0.25) is 0 Å². The number of aryl methyl sites for hydroxylation is 2. The number of benzene rings is 1. The van der Waals surface area contributed by atoms with Crippen molar-refractivity contribution in [2.75, 3.05) is 13.1 Å². The summed E-state index contributed by atoms with van der Waals surface area (Å²) >= 11 is 0. The van der Waals surface area contributed by atoms with E-state index in [2.05, 4.69) is 37.4 Å². The first kappa shape index (κ1) is 12.6. The Balaban J connectivity index is 2.29. The van der Waals surface area contributed by atoms with Crippen LogP contribution in [0.25, 0.3) is 0 Å². The van der Waals surface area contributed by atoms with Gasteiger partial charge in [0, 0.05) is 0 Å². The van der Waals surface area contributed by atoms with Gasteiger partial charge in [0.05, 0.1) is 5.60 Å². The molecule has 0 bridgehead atoms. The Kier molecular flexibility index (Phi) is 3.55. The first-order valence-electron chi connectivity index (χ1n) is 6.52. The summed E-state index contributed by atoms with van der Waals surface area (Å²) in [7, 11) is 0. The van der Waals surface area contributed by atoms with Crippen LogP contribution >= 0.6 is 0 Å². The van der Waals surface area contributed by atoms with Crippen LogP contribution in [0, 0.1) is 19.8 Å². The van der Waals surface area contributed by atoms with Gasteiger partial charge in [-0.3, -0.25) is 0 Å². The van der Waals surface area contributed by atoms with Crippen molar-refractivity contribution in [2.45, 2.75) is 39.2 Å². The fourth-order valence-electron chi connectivity index (χ4n) is 2.99. The second kappa shape index (κ2) is 4.79. The van der Waals surface area contributed by atoms with Gasteiger partial charge in [-0.15, -0.1) is 0 Å². The number of rotatable bonds is 2. The quantitative estimate of drug-likeness (QED) is 0.822. The summed E-state index contributed by atoms with van der Waals surface area (Å²) in [6.07, 6.45) is 2.11. The van der Waals surface area contributed by atoms with E-state index in [9.17, 15) is 5.11 Å². The van der Waals surface area contributed by atoms with Crippen molar-refractivity contribution in [1.29, 1.82) is 0 Å². The Hall–Kier alpha value is -0.860. The monoisotopic (exact) mass is 233 g/mol. The van der Waals surface area contributed by atoms with Gasteiger partial charge in [-0.2, -0.15) is 0 Å². The Labute approximate surface area is 104 Å². The minimum Gasteiger partial charge on any atom is -0.385 e. The highest BCUT2D eigenvalue weighted by atomic mass is 16.3. The summed E-state index contributed by atoms with van der Waals surface area (Å²) in [6.45, 7) is 8.20. The lowest BCUT2D eigenvalue weighted by Gasteiger charge is -2.37. The molecular formula is C15H23NO.